The van der Waals surface area contributed by atoms with E-state index in [1.807, 2.05) is 0 Å². The minimum Gasteiger partial charge on any atom is -0.295 e. The zero-order chi connectivity index (χ0) is 16.6. The number of sulfone groups is 1. The Hall–Kier alpha value is -1.88. The molecular weight excluding hydrogens is 342 g/mol. The van der Waals surface area contributed by atoms with Crippen LogP contribution in [0.25, 0.3) is 0 Å². The van der Waals surface area contributed by atoms with Gasteiger partial charge >= 0.3 is 0 Å². The van der Waals surface area contributed by atoms with E-state index in [0.29, 0.717) is 11.6 Å². The molecule has 23 heavy (non-hydrogen) atoms. The van der Waals surface area contributed by atoms with E-state index in [9.17, 15) is 18.0 Å². The minimum absolute atomic E-state index is 0.0442. The molecule has 0 radical (unpaired) electrons. The molecule has 0 aromatic carbocycles. The number of anilines is 1. The summed E-state index contributed by atoms with van der Waals surface area (Å²) in [6.45, 7) is 1.77. The number of nitrogens with zero attached hydrogens (tertiary/aromatic N) is 4. The first kappa shape index (κ1) is 16.0. The van der Waals surface area contributed by atoms with Crippen LogP contribution in [-0.2, 0) is 19.4 Å². The Bertz CT molecular complexity index is 785. The Morgan fingerprint density at radius 2 is 2.13 bits per heavy atom. The number of carbonyl (C=O) groups is 2. The lowest BCUT2D eigenvalue weighted by atomic mass is 10.1. The Balaban J connectivity index is 1.75. The molecule has 1 atom stereocenters. The highest BCUT2D eigenvalue weighted by molar-refractivity contribution is 7.91. The fourth-order valence-corrected chi connectivity index (χ4v) is 4.78. The van der Waals surface area contributed by atoms with Crippen molar-refractivity contribution in [2.24, 2.45) is 5.10 Å². The van der Waals surface area contributed by atoms with Gasteiger partial charge in [-0.05, 0) is 13.3 Å². The second kappa shape index (κ2) is 5.96. The van der Waals surface area contributed by atoms with Gasteiger partial charge in [0.05, 0.1) is 17.5 Å². The Labute approximate surface area is 136 Å². The molecular formula is C12H15N5O4S2. The highest BCUT2D eigenvalue weighted by Gasteiger charge is 2.37. The van der Waals surface area contributed by atoms with Crippen LogP contribution in [0.2, 0.25) is 0 Å². The summed E-state index contributed by atoms with van der Waals surface area (Å²) in [5.41, 5.74) is 0.196. The van der Waals surface area contributed by atoms with Crippen LogP contribution >= 0.6 is 11.3 Å². The van der Waals surface area contributed by atoms with Crippen LogP contribution in [0.15, 0.2) is 5.10 Å². The van der Waals surface area contributed by atoms with E-state index in [1.54, 1.807) is 6.92 Å². The molecule has 0 saturated carbocycles. The lowest BCUT2D eigenvalue weighted by molar-refractivity contribution is -0.133. The average Bonchev–Trinajstić information content (AvgIpc) is 3.05. The van der Waals surface area contributed by atoms with Crippen LogP contribution in [0.1, 0.15) is 24.3 Å². The number of hydrogen-bond donors (Lipinski definition) is 1. The number of aromatic nitrogens is 2. The van der Waals surface area contributed by atoms with Crippen molar-refractivity contribution in [3.8, 4) is 0 Å². The summed E-state index contributed by atoms with van der Waals surface area (Å²) in [6, 6.07) is -0.487. The molecule has 0 aliphatic carbocycles. The fourth-order valence-electron chi connectivity index (χ4n) is 2.50. The third-order valence-corrected chi connectivity index (χ3v) is 6.13. The summed E-state index contributed by atoms with van der Waals surface area (Å²) in [5.74, 6) is -0.759. The standard InChI is InChI=1S/C12H15N5O4S2/c1-7-14-15-12(22-7)13-11(19)9-2-3-10(18)17(16-9)8-4-5-23(20,21)6-8/h8H,2-6H2,1H3,(H,13,15,19)/t8-/m0/s1. The summed E-state index contributed by atoms with van der Waals surface area (Å²) >= 11 is 1.24. The molecule has 124 valence electrons. The van der Waals surface area contributed by atoms with Crippen molar-refractivity contribution in [3.05, 3.63) is 5.01 Å². The topological polar surface area (TPSA) is 122 Å². The second-order valence-electron chi connectivity index (χ2n) is 5.42. The van der Waals surface area contributed by atoms with Crippen molar-refractivity contribution in [2.45, 2.75) is 32.2 Å². The van der Waals surface area contributed by atoms with Gasteiger partial charge in [0.1, 0.15) is 10.7 Å². The molecule has 0 spiro atoms. The molecule has 1 aromatic rings. The van der Waals surface area contributed by atoms with Crippen molar-refractivity contribution in [1.29, 1.82) is 0 Å². The van der Waals surface area contributed by atoms with Crippen LogP contribution in [0, 0.1) is 6.92 Å². The summed E-state index contributed by atoms with van der Waals surface area (Å²) in [5, 5.41) is 16.5. The maximum Gasteiger partial charge on any atom is 0.273 e. The lowest BCUT2D eigenvalue weighted by Gasteiger charge is -2.27. The number of hydrazone groups is 1. The molecule has 9 nitrogen and oxygen atoms in total. The van der Waals surface area contributed by atoms with E-state index in [-0.39, 0.29) is 36.0 Å². The first-order valence-corrected chi connectivity index (χ1v) is 9.69. The van der Waals surface area contributed by atoms with Gasteiger partial charge in [0, 0.05) is 12.8 Å². The second-order valence-corrected chi connectivity index (χ2v) is 8.83. The average molecular weight is 357 g/mol. The predicted molar refractivity (Wildman–Crippen MR) is 83.8 cm³/mol. The van der Waals surface area contributed by atoms with Crippen LogP contribution in [0.4, 0.5) is 5.13 Å². The fraction of sp³-hybridized carbons (Fsp3) is 0.583. The van der Waals surface area contributed by atoms with Gasteiger partial charge in [0.15, 0.2) is 9.84 Å². The molecule has 0 unspecified atom stereocenters. The zero-order valence-corrected chi connectivity index (χ0v) is 14.0. The van der Waals surface area contributed by atoms with E-state index in [2.05, 4.69) is 20.6 Å². The van der Waals surface area contributed by atoms with E-state index in [0.717, 1.165) is 10.0 Å². The van der Waals surface area contributed by atoms with Crippen molar-refractivity contribution in [2.75, 3.05) is 16.8 Å². The maximum atomic E-state index is 12.2. The molecule has 1 N–H and O–H groups in total. The predicted octanol–water partition coefficient (Wildman–Crippen LogP) is -0.0495. The van der Waals surface area contributed by atoms with Gasteiger partial charge in [-0.15, -0.1) is 10.2 Å². The van der Waals surface area contributed by atoms with E-state index in [1.165, 1.54) is 11.3 Å². The molecule has 2 amide bonds. The SMILES string of the molecule is Cc1nnc(NC(=O)C2=NN([C@H]3CCS(=O)(=O)C3)C(=O)CC2)s1. The van der Waals surface area contributed by atoms with Gasteiger partial charge in [0.25, 0.3) is 5.91 Å². The van der Waals surface area contributed by atoms with Crippen molar-refractivity contribution in [1.82, 2.24) is 15.2 Å². The Kier molecular flexibility index (Phi) is 4.15. The van der Waals surface area contributed by atoms with E-state index in [4.69, 9.17) is 0 Å². The van der Waals surface area contributed by atoms with Gasteiger partial charge in [0.2, 0.25) is 11.0 Å². The summed E-state index contributed by atoms with van der Waals surface area (Å²) in [4.78, 5) is 24.2. The van der Waals surface area contributed by atoms with E-state index >= 15 is 0 Å². The molecule has 0 bridgehead atoms. The minimum atomic E-state index is -3.13. The molecule has 1 fully saturated rings. The van der Waals surface area contributed by atoms with Crippen LogP contribution in [-0.4, -0.2) is 58.7 Å². The lowest BCUT2D eigenvalue weighted by Crippen LogP contribution is -2.42. The molecule has 3 rings (SSSR count). The van der Waals surface area contributed by atoms with Gasteiger partial charge in [-0.2, -0.15) is 5.10 Å². The normalized spacial score (nSPS) is 23.7. The van der Waals surface area contributed by atoms with Gasteiger partial charge < -0.3 is 0 Å². The van der Waals surface area contributed by atoms with Gasteiger partial charge in [-0.1, -0.05) is 11.3 Å². The maximum absolute atomic E-state index is 12.2. The number of hydrogen-bond acceptors (Lipinski definition) is 8. The molecule has 11 heteroatoms. The summed E-state index contributed by atoms with van der Waals surface area (Å²) in [6.07, 6.45) is 0.707. The first-order chi connectivity index (χ1) is 10.8. The van der Waals surface area contributed by atoms with Crippen LogP contribution < -0.4 is 5.32 Å². The number of nitrogens with one attached hydrogen (secondary N) is 1. The van der Waals surface area contributed by atoms with Crippen LogP contribution in [0.3, 0.4) is 0 Å². The molecule has 2 aliphatic heterocycles. The monoisotopic (exact) mass is 357 g/mol. The summed E-state index contributed by atoms with van der Waals surface area (Å²) in [7, 11) is -3.13. The number of carbonyl (C=O) groups excluding carboxylic acids is 2. The molecule has 2 aliphatic rings. The Morgan fingerprint density at radius 3 is 2.74 bits per heavy atom. The molecule has 1 aromatic heterocycles. The van der Waals surface area contributed by atoms with E-state index < -0.39 is 21.8 Å². The zero-order valence-electron chi connectivity index (χ0n) is 12.4. The molecule has 1 saturated heterocycles. The van der Waals surface area contributed by atoms with Crippen molar-refractivity contribution < 1.29 is 18.0 Å². The van der Waals surface area contributed by atoms with Crippen molar-refractivity contribution >= 4 is 43.8 Å². The third-order valence-electron chi connectivity index (χ3n) is 3.62. The number of aryl methyl sites for hydroxylation is 1. The highest BCUT2D eigenvalue weighted by Crippen LogP contribution is 2.22. The van der Waals surface area contributed by atoms with Crippen LogP contribution in [0.5, 0.6) is 0 Å². The first-order valence-electron chi connectivity index (χ1n) is 7.05. The largest absolute Gasteiger partial charge is 0.295 e. The quantitative estimate of drug-likeness (QED) is 0.809. The Morgan fingerprint density at radius 1 is 1.35 bits per heavy atom. The van der Waals surface area contributed by atoms with Gasteiger partial charge in [-0.3, -0.25) is 14.9 Å². The number of rotatable bonds is 3. The van der Waals surface area contributed by atoms with Crippen molar-refractivity contribution in [3.63, 3.8) is 0 Å². The molecule has 3 heterocycles. The smallest absolute Gasteiger partial charge is 0.273 e. The number of amides is 2. The third kappa shape index (κ3) is 3.55. The summed E-state index contributed by atoms with van der Waals surface area (Å²) < 4.78 is 23.1. The highest BCUT2D eigenvalue weighted by atomic mass is 32.2. The van der Waals surface area contributed by atoms with Gasteiger partial charge in [-0.25, -0.2) is 13.4 Å².